The standard InChI is InChI=1S/C23H28N2O4/c26-17-23(14-18-6-2-1-3-7-18)16-24(11-10-21(23)27)15-22(28)25-12-13-29-20-9-5-4-8-19(20)25/h1-9,21,26-27H,10-17H2/t21-,23+/m0/s1. The number of aliphatic hydroxyl groups excluding tert-OH is 2. The molecule has 1 fully saturated rings. The molecule has 1 saturated heterocycles. The minimum absolute atomic E-state index is 0.0173. The summed E-state index contributed by atoms with van der Waals surface area (Å²) in [5.74, 6) is 0.749. The van der Waals surface area contributed by atoms with Crippen molar-refractivity contribution in [3.63, 3.8) is 0 Å². The van der Waals surface area contributed by atoms with E-state index in [-0.39, 0.29) is 19.1 Å². The number of anilines is 1. The number of benzene rings is 2. The number of fused-ring (bicyclic) bond motifs is 1. The van der Waals surface area contributed by atoms with Gasteiger partial charge in [-0.1, -0.05) is 42.5 Å². The maximum Gasteiger partial charge on any atom is 0.241 e. The predicted octanol–water partition coefficient (Wildman–Crippen LogP) is 1.70. The van der Waals surface area contributed by atoms with Gasteiger partial charge in [-0.3, -0.25) is 9.69 Å². The normalized spacial score (nSPS) is 24.6. The number of piperidine rings is 1. The summed E-state index contributed by atoms with van der Waals surface area (Å²) < 4.78 is 5.65. The third-order valence-corrected chi connectivity index (χ3v) is 6.07. The van der Waals surface area contributed by atoms with E-state index in [1.807, 2.05) is 54.6 Å². The highest BCUT2D eigenvalue weighted by Gasteiger charge is 2.43. The Bertz CT molecular complexity index is 844. The molecule has 154 valence electrons. The first-order chi connectivity index (χ1) is 14.1. The van der Waals surface area contributed by atoms with E-state index in [1.54, 1.807) is 4.90 Å². The Hall–Kier alpha value is -2.41. The summed E-state index contributed by atoms with van der Waals surface area (Å²) >= 11 is 0. The fourth-order valence-electron chi connectivity index (χ4n) is 4.47. The van der Waals surface area contributed by atoms with Crippen molar-refractivity contribution < 1.29 is 19.7 Å². The van der Waals surface area contributed by atoms with Crippen LogP contribution in [0.2, 0.25) is 0 Å². The third-order valence-electron chi connectivity index (χ3n) is 6.07. The Morgan fingerprint density at radius 1 is 1.10 bits per heavy atom. The molecule has 0 bridgehead atoms. The highest BCUT2D eigenvalue weighted by atomic mass is 16.5. The topological polar surface area (TPSA) is 73.2 Å². The molecule has 4 rings (SSSR count). The van der Waals surface area contributed by atoms with Crippen molar-refractivity contribution in [1.29, 1.82) is 0 Å². The smallest absolute Gasteiger partial charge is 0.241 e. The summed E-state index contributed by atoms with van der Waals surface area (Å²) in [6.45, 7) is 2.27. The summed E-state index contributed by atoms with van der Waals surface area (Å²) in [4.78, 5) is 16.9. The van der Waals surface area contributed by atoms with Gasteiger partial charge in [-0.25, -0.2) is 0 Å². The molecule has 2 atom stereocenters. The molecule has 0 radical (unpaired) electrons. The Morgan fingerprint density at radius 2 is 1.86 bits per heavy atom. The Balaban J connectivity index is 1.47. The van der Waals surface area contributed by atoms with E-state index >= 15 is 0 Å². The largest absolute Gasteiger partial charge is 0.490 e. The number of hydrogen-bond acceptors (Lipinski definition) is 5. The number of likely N-dealkylation sites (tertiary alicyclic amines) is 1. The molecule has 6 heteroatoms. The molecule has 1 amide bonds. The van der Waals surface area contributed by atoms with E-state index in [9.17, 15) is 15.0 Å². The summed E-state index contributed by atoms with van der Waals surface area (Å²) in [6.07, 6.45) is 0.528. The minimum Gasteiger partial charge on any atom is -0.490 e. The molecular weight excluding hydrogens is 368 g/mol. The van der Waals surface area contributed by atoms with Gasteiger partial charge in [0.15, 0.2) is 0 Å². The van der Waals surface area contributed by atoms with Crippen LogP contribution >= 0.6 is 0 Å². The number of amides is 1. The number of para-hydroxylation sites is 2. The molecule has 0 aromatic heterocycles. The Labute approximate surface area is 171 Å². The van der Waals surface area contributed by atoms with Gasteiger partial charge < -0.3 is 19.8 Å². The van der Waals surface area contributed by atoms with Gasteiger partial charge in [-0.15, -0.1) is 0 Å². The maximum atomic E-state index is 13.1. The Kier molecular flexibility index (Phi) is 5.85. The molecule has 2 aliphatic heterocycles. The van der Waals surface area contributed by atoms with Gasteiger partial charge in [0.1, 0.15) is 12.4 Å². The molecule has 29 heavy (non-hydrogen) atoms. The first-order valence-corrected chi connectivity index (χ1v) is 10.2. The molecule has 2 aromatic carbocycles. The zero-order chi connectivity index (χ0) is 20.3. The Morgan fingerprint density at radius 3 is 2.66 bits per heavy atom. The number of aliphatic hydroxyl groups is 2. The quantitative estimate of drug-likeness (QED) is 0.805. The lowest BCUT2D eigenvalue weighted by Crippen LogP contribution is -2.57. The first kappa shape index (κ1) is 19.9. The second kappa shape index (κ2) is 8.53. The number of rotatable bonds is 5. The maximum absolute atomic E-state index is 13.1. The van der Waals surface area contributed by atoms with Crippen LogP contribution in [-0.4, -0.2) is 66.5 Å². The molecule has 2 aliphatic rings. The zero-order valence-electron chi connectivity index (χ0n) is 16.5. The van der Waals surface area contributed by atoms with Crippen LogP contribution in [-0.2, 0) is 11.2 Å². The molecule has 2 aromatic rings. The first-order valence-electron chi connectivity index (χ1n) is 10.2. The number of ether oxygens (including phenoxy) is 1. The summed E-state index contributed by atoms with van der Waals surface area (Å²) in [5.41, 5.74) is 1.22. The van der Waals surface area contributed by atoms with Crippen LogP contribution < -0.4 is 9.64 Å². The van der Waals surface area contributed by atoms with Crippen LogP contribution in [0.5, 0.6) is 5.75 Å². The predicted molar refractivity (Wildman–Crippen MR) is 111 cm³/mol. The van der Waals surface area contributed by atoms with Gasteiger partial charge in [0.05, 0.1) is 31.5 Å². The van der Waals surface area contributed by atoms with Gasteiger partial charge in [0.2, 0.25) is 5.91 Å². The average molecular weight is 396 g/mol. The van der Waals surface area contributed by atoms with Crippen LogP contribution in [0.25, 0.3) is 0 Å². The van der Waals surface area contributed by atoms with E-state index in [1.165, 1.54) is 0 Å². The van der Waals surface area contributed by atoms with E-state index in [0.717, 1.165) is 17.0 Å². The minimum atomic E-state index is -0.664. The molecule has 2 heterocycles. The van der Waals surface area contributed by atoms with Gasteiger partial charge in [0, 0.05) is 18.5 Å². The fourth-order valence-corrected chi connectivity index (χ4v) is 4.47. The van der Waals surface area contributed by atoms with Crippen LogP contribution in [0, 0.1) is 5.41 Å². The molecule has 0 unspecified atom stereocenters. The van der Waals surface area contributed by atoms with Crippen molar-refractivity contribution >= 4 is 11.6 Å². The van der Waals surface area contributed by atoms with Crippen molar-refractivity contribution in [2.75, 3.05) is 44.3 Å². The number of carbonyl (C=O) groups is 1. The van der Waals surface area contributed by atoms with Gasteiger partial charge in [-0.2, -0.15) is 0 Å². The second-order valence-corrected chi connectivity index (χ2v) is 8.06. The molecule has 0 aliphatic carbocycles. The van der Waals surface area contributed by atoms with E-state index in [2.05, 4.69) is 4.90 Å². The SMILES string of the molecule is O=C(CN1CC[C@H](O)[C@](CO)(Cc2ccccc2)C1)N1CCOc2ccccc21. The number of hydrogen-bond donors (Lipinski definition) is 2. The van der Waals surface area contributed by atoms with Gasteiger partial charge in [0.25, 0.3) is 0 Å². The summed E-state index contributed by atoms with van der Waals surface area (Å²) in [5, 5.41) is 20.9. The molecule has 0 spiro atoms. The molecule has 2 N–H and O–H groups in total. The molecule has 6 nitrogen and oxygen atoms in total. The van der Waals surface area contributed by atoms with Gasteiger partial charge >= 0.3 is 0 Å². The van der Waals surface area contributed by atoms with E-state index in [0.29, 0.717) is 39.1 Å². The van der Waals surface area contributed by atoms with Crippen LogP contribution in [0.15, 0.2) is 54.6 Å². The molecular formula is C23H28N2O4. The number of carbonyl (C=O) groups excluding carboxylic acids is 1. The summed E-state index contributed by atoms with van der Waals surface area (Å²) in [6, 6.07) is 17.5. The van der Waals surface area contributed by atoms with E-state index in [4.69, 9.17) is 4.74 Å². The van der Waals surface area contributed by atoms with E-state index < -0.39 is 11.5 Å². The number of nitrogens with zero attached hydrogens (tertiary/aromatic N) is 2. The van der Waals surface area contributed by atoms with Crippen molar-refractivity contribution in [2.24, 2.45) is 5.41 Å². The monoisotopic (exact) mass is 396 g/mol. The average Bonchev–Trinajstić information content (AvgIpc) is 2.76. The zero-order valence-corrected chi connectivity index (χ0v) is 16.5. The van der Waals surface area contributed by atoms with Crippen LogP contribution in [0.1, 0.15) is 12.0 Å². The van der Waals surface area contributed by atoms with Crippen LogP contribution in [0.3, 0.4) is 0 Å². The lowest BCUT2D eigenvalue weighted by molar-refractivity contribution is -0.123. The lowest BCUT2D eigenvalue weighted by atomic mass is 9.73. The van der Waals surface area contributed by atoms with Crippen LogP contribution in [0.4, 0.5) is 5.69 Å². The lowest BCUT2D eigenvalue weighted by Gasteiger charge is -2.45. The van der Waals surface area contributed by atoms with Crippen molar-refractivity contribution in [2.45, 2.75) is 18.9 Å². The second-order valence-electron chi connectivity index (χ2n) is 8.06. The third kappa shape index (κ3) is 4.15. The van der Waals surface area contributed by atoms with Crippen molar-refractivity contribution in [3.05, 3.63) is 60.2 Å². The molecule has 0 saturated carbocycles. The summed E-state index contributed by atoms with van der Waals surface area (Å²) in [7, 11) is 0. The van der Waals surface area contributed by atoms with Gasteiger partial charge in [-0.05, 0) is 30.5 Å². The van der Waals surface area contributed by atoms with Crippen molar-refractivity contribution in [1.82, 2.24) is 4.90 Å². The fraction of sp³-hybridized carbons (Fsp3) is 0.435. The highest BCUT2D eigenvalue weighted by Crippen LogP contribution is 2.35. The van der Waals surface area contributed by atoms with Crippen molar-refractivity contribution in [3.8, 4) is 5.75 Å². The highest BCUT2D eigenvalue weighted by molar-refractivity contribution is 5.96.